The molecule has 0 bridgehead atoms. The Morgan fingerprint density at radius 1 is 0.518 bits per heavy atom. The standard InChI is InChI=1S/C50H80O6/c1-15-17-19-21-22-24-28-55-42(51)25-26-43(52)56-35-50(27-23-20-18-16-2,33-36-29-38(46(3,4)5)44(53)39(30-36)47(6,7)8)34-37-31-40(48(9,10)11)45(54)41(32-37)49(12,13)14/h25-26,29-32,53-54H,15-24,27-28,33-35H2,1-14H3/b26-25-. The van der Waals surface area contributed by atoms with Crippen molar-refractivity contribution in [2.24, 2.45) is 5.41 Å². The SMILES string of the molecule is CCCCCCCCOC(=O)/C=C\C(=O)OCC(CCCCCC)(Cc1cc(C(C)(C)C)c(O)c(C(C)(C)C)c1)Cc1cc(C(C)(C)C)c(O)c(C(C)(C)C)c1. The summed E-state index contributed by atoms with van der Waals surface area (Å²) in [5, 5.41) is 23.2. The molecular weight excluding hydrogens is 697 g/mol. The van der Waals surface area contributed by atoms with E-state index in [2.05, 4.69) is 121 Å². The van der Waals surface area contributed by atoms with Crippen LogP contribution in [0.1, 0.15) is 201 Å². The molecule has 0 atom stereocenters. The van der Waals surface area contributed by atoms with Gasteiger partial charge in [-0.25, -0.2) is 9.59 Å². The van der Waals surface area contributed by atoms with Gasteiger partial charge in [0.25, 0.3) is 0 Å². The molecule has 0 aliphatic carbocycles. The first-order chi connectivity index (χ1) is 25.8. The third kappa shape index (κ3) is 15.6. The van der Waals surface area contributed by atoms with Crippen LogP contribution in [0.15, 0.2) is 36.4 Å². The first-order valence-corrected chi connectivity index (χ1v) is 21.6. The van der Waals surface area contributed by atoms with Gasteiger partial charge >= 0.3 is 11.9 Å². The highest BCUT2D eigenvalue weighted by Gasteiger charge is 2.36. The lowest BCUT2D eigenvalue weighted by Crippen LogP contribution is -2.34. The summed E-state index contributed by atoms with van der Waals surface area (Å²) in [5.74, 6) is -0.438. The normalized spacial score (nSPS) is 13.0. The van der Waals surface area contributed by atoms with Crippen LogP contribution in [0.2, 0.25) is 0 Å². The second-order valence-corrected chi connectivity index (χ2v) is 20.6. The number of hydrogen-bond acceptors (Lipinski definition) is 6. The zero-order valence-electron chi connectivity index (χ0n) is 38.1. The van der Waals surface area contributed by atoms with Crippen molar-refractivity contribution in [1.82, 2.24) is 0 Å². The van der Waals surface area contributed by atoms with E-state index in [1.54, 1.807) is 0 Å². The van der Waals surface area contributed by atoms with Crippen LogP contribution in [0.5, 0.6) is 11.5 Å². The molecule has 0 aliphatic heterocycles. The third-order valence-corrected chi connectivity index (χ3v) is 10.9. The Morgan fingerprint density at radius 2 is 0.857 bits per heavy atom. The molecule has 2 N–H and O–H groups in total. The Bertz CT molecular complexity index is 1430. The number of esters is 2. The van der Waals surface area contributed by atoms with Crippen LogP contribution in [0, 0.1) is 5.41 Å². The molecule has 0 aromatic heterocycles. The highest BCUT2D eigenvalue weighted by Crippen LogP contribution is 2.45. The van der Waals surface area contributed by atoms with Gasteiger partial charge in [0, 0.05) is 17.6 Å². The fourth-order valence-electron chi connectivity index (χ4n) is 7.60. The molecule has 0 saturated carbocycles. The van der Waals surface area contributed by atoms with Crippen LogP contribution in [0.4, 0.5) is 0 Å². The molecule has 6 heteroatoms. The number of carbonyl (C=O) groups excluding carboxylic acids is 2. The quantitative estimate of drug-likeness (QED) is 0.0790. The van der Waals surface area contributed by atoms with E-state index in [1.807, 2.05) is 0 Å². The molecule has 0 aliphatic rings. The number of phenolic OH excluding ortho intramolecular Hbond substituents is 2. The third-order valence-electron chi connectivity index (χ3n) is 10.9. The second-order valence-electron chi connectivity index (χ2n) is 20.6. The Hall–Kier alpha value is -3.28. The van der Waals surface area contributed by atoms with Crippen molar-refractivity contribution in [2.45, 2.75) is 202 Å². The molecule has 0 amide bonds. The predicted molar refractivity (Wildman–Crippen MR) is 234 cm³/mol. The van der Waals surface area contributed by atoms with Crippen LogP contribution >= 0.6 is 0 Å². The van der Waals surface area contributed by atoms with Gasteiger partial charge < -0.3 is 19.7 Å². The van der Waals surface area contributed by atoms with Gasteiger partial charge in [-0.2, -0.15) is 0 Å². The molecular formula is C50H80O6. The minimum Gasteiger partial charge on any atom is -0.507 e. The fourth-order valence-corrected chi connectivity index (χ4v) is 7.60. The van der Waals surface area contributed by atoms with Gasteiger partial charge in [0.1, 0.15) is 11.5 Å². The highest BCUT2D eigenvalue weighted by molar-refractivity contribution is 5.91. The summed E-state index contributed by atoms with van der Waals surface area (Å²) in [4.78, 5) is 25.9. The minimum absolute atomic E-state index is 0.141. The van der Waals surface area contributed by atoms with Crippen molar-refractivity contribution >= 4 is 11.9 Å². The fraction of sp³-hybridized carbons (Fsp3) is 0.680. The molecule has 0 fully saturated rings. The van der Waals surface area contributed by atoms with Gasteiger partial charge in [-0.1, -0.05) is 179 Å². The van der Waals surface area contributed by atoms with Gasteiger partial charge in [0.05, 0.1) is 13.2 Å². The van der Waals surface area contributed by atoms with E-state index in [9.17, 15) is 19.8 Å². The molecule has 2 aromatic rings. The maximum absolute atomic E-state index is 13.4. The Labute approximate surface area is 342 Å². The first kappa shape index (κ1) is 48.9. The Morgan fingerprint density at radius 3 is 1.23 bits per heavy atom. The van der Waals surface area contributed by atoms with E-state index in [-0.39, 0.29) is 28.3 Å². The lowest BCUT2D eigenvalue weighted by atomic mass is 9.70. The van der Waals surface area contributed by atoms with E-state index in [1.165, 1.54) is 31.4 Å². The van der Waals surface area contributed by atoms with Crippen molar-refractivity contribution < 1.29 is 29.3 Å². The summed E-state index contributed by atoms with van der Waals surface area (Å²) >= 11 is 0. The van der Waals surface area contributed by atoms with Crippen molar-refractivity contribution in [1.29, 1.82) is 0 Å². The molecule has 2 aromatic carbocycles. The molecule has 0 heterocycles. The molecule has 0 spiro atoms. The molecule has 6 nitrogen and oxygen atoms in total. The maximum atomic E-state index is 13.4. The largest absolute Gasteiger partial charge is 0.507 e. The summed E-state index contributed by atoms with van der Waals surface area (Å²) in [6, 6.07) is 8.57. The van der Waals surface area contributed by atoms with Crippen molar-refractivity contribution in [3.05, 3.63) is 69.8 Å². The summed E-state index contributed by atoms with van der Waals surface area (Å²) in [7, 11) is 0. The second kappa shape index (κ2) is 20.9. The topological polar surface area (TPSA) is 93.1 Å². The number of hydrogen-bond donors (Lipinski definition) is 2. The minimum atomic E-state index is -0.576. The molecule has 0 unspecified atom stereocenters. The van der Waals surface area contributed by atoms with Crippen LogP contribution in [-0.2, 0) is 53.6 Å². The molecule has 56 heavy (non-hydrogen) atoms. The smallest absolute Gasteiger partial charge is 0.331 e. The number of phenols is 2. The summed E-state index contributed by atoms with van der Waals surface area (Å²) in [6.07, 6.45) is 15.2. The molecule has 0 saturated heterocycles. The number of benzene rings is 2. The van der Waals surface area contributed by atoms with E-state index < -0.39 is 17.4 Å². The van der Waals surface area contributed by atoms with E-state index in [0.29, 0.717) is 30.9 Å². The molecule has 316 valence electrons. The van der Waals surface area contributed by atoms with Crippen LogP contribution < -0.4 is 0 Å². The number of carbonyl (C=O) groups is 2. The van der Waals surface area contributed by atoms with Gasteiger partial charge in [-0.15, -0.1) is 0 Å². The number of unbranched alkanes of at least 4 members (excludes halogenated alkanes) is 8. The summed E-state index contributed by atoms with van der Waals surface area (Å²) < 4.78 is 11.5. The Kier molecular flexibility index (Phi) is 18.3. The van der Waals surface area contributed by atoms with E-state index in [0.717, 1.165) is 84.7 Å². The number of ether oxygens (including phenoxy) is 2. The number of rotatable bonds is 20. The van der Waals surface area contributed by atoms with Crippen molar-refractivity contribution in [3.63, 3.8) is 0 Å². The lowest BCUT2D eigenvalue weighted by molar-refractivity contribution is -0.143. The zero-order valence-corrected chi connectivity index (χ0v) is 38.1. The number of aromatic hydroxyl groups is 2. The Balaban J connectivity index is 2.68. The van der Waals surface area contributed by atoms with Gasteiger partial charge in [0.2, 0.25) is 0 Å². The van der Waals surface area contributed by atoms with Gasteiger partial charge in [0.15, 0.2) is 0 Å². The highest BCUT2D eigenvalue weighted by atomic mass is 16.5. The van der Waals surface area contributed by atoms with Crippen LogP contribution in [-0.4, -0.2) is 35.4 Å². The predicted octanol–water partition coefficient (Wildman–Crippen LogP) is 13.0. The first-order valence-electron chi connectivity index (χ1n) is 21.6. The summed E-state index contributed by atoms with van der Waals surface area (Å²) in [5.41, 5.74) is 4.03. The monoisotopic (exact) mass is 777 g/mol. The lowest BCUT2D eigenvalue weighted by Gasteiger charge is -2.36. The van der Waals surface area contributed by atoms with Crippen molar-refractivity contribution in [3.8, 4) is 11.5 Å². The van der Waals surface area contributed by atoms with Gasteiger partial charge in [-0.05, 0) is 80.7 Å². The maximum Gasteiger partial charge on any atom is 0.331 e. The average molecular weight is 777 g/mol. The summed E-state index contributed by atoms with van der Waals surface area (Å²) in [6.45, 7) is 30.4. The zero-order chi connectivity index (χ0) is 42.5. The van der Waals surface area contributed by atoms with Gasteiger partial charge in [-0.3, -0.25) is 0 Å². The molecule has 2 rings (SSSR count). The van der Waals surface area contributed by atoms with E-state index >= 15 is 0 Å². The van der Waals surface area contributed by atoms with Crippen molar-refractivity contribution in [2.75, 3.05) is 13.2 Å². The van der Waals surface area contributed by atoms with E-state index in [4.69, 9.17) is 9.47 Å². The average Bonchev–Trinajstić information content (AvgIpc) is 3.07. The van der Waals surface area contributed by atoms with Crippen LogP contribution in [0.3, 0.4) is 0 Å². The van der Waals surface area contributed by atoms with Crippen LogP contribution in [0.25, 0.3) is 0 Å². The molecule has 0 radical (unpaired) electrons.